The fraction of sp³-hybridized carbons (Fsp3) is 0.333. The summed E-state index contributed by atoms with van der Waals surface area (Å²) < 4.78 is 16.4. The Balaban J connectivity index is 1.37. The molecular formula is C33H36N2O6. The van der Waals surface area contributed by atoms with Gasteiger partial charge in [0.2, 0.25) is 0 Å². The summed E-state index contributed by atoms with van der Waals surface area (Å²) in [5, 5.41) is 13.7. The van der Waals surface area contributed by atoms with E-state index < -0.39 is 12.1 Å². The topological polar surface area (TPSA) is 110 Å². The van der Waals surface area contributed by atoms with E-state index in [2.05, 4.69) is 10.3 Å². The van der Waals surface area contributed by atoms with Gasteiger partial charge in [-0.3, -0.25) is 0 Å². The summed E-state index contributed by atoms with van der Waals surface area (Å²) in [4.78, 5) is 28.2. The Morgan fingerprint density at radius 2 is 1.76 bits per heavy atom. The number of amides is 1. The number of aromatic nitrogens is 1. The van der Waals surface area contributed by atoms with Crippen molar-refractivity contribution in [3.8, 4) is 17.0 Å². The van der Waals surface area contributed by atoms with Crippen LogP contribution in [0.15, 0.2) is 72.8 Å². The standard InChI is InChI=1S/C33H36N2O6/c1-39-32(37)24-16-17-26-28(18-24)35-31(30(26)23-12-6-3-7-13-23)27-14-8-9-15-29(27)40-21-25(19-36)34-33(38)41-20-22-10-4-2-5-11-22/h2,4-5,8-11,14-18,23,25,35-36H,3,6-7,12-13,19-21H2,1H3,(H,34,38)/t25-/m1/s1. The fourth-order valence-electron chi connectivity index (χ4n) is 5.55. The van der Waals surface area contributed by atoms with Gasteiger partial charge in [0, 0.05) is 16.5 Å². The van der Waals surface area contributed by atoms with Crippen LogP contribution in [0.4, 0.5) is 4.79 Å². The molecule has 41 heavy (non-hydrogen) atoms. The normalized spacial score (nSPS) is 14.4. The highest BCUT2D eigenvalue weighted by Gasteiger charge is 2.26. The lowest BCUT2D eigenvalue weighted by Gasteiger charge is -2.24. The summed E-state index contributed by atoms with van der Waals surface area (Å²) in [6.45, 7) is -0.116. The van der Waals surface area contributed by atoms with Crippen LogP contribution in [-0.4, -0.2) is 48.5 Å². The second-order valence-electron chi connectivity index (χ2n) is 10.4. The number of ether oxygens (including phenoxy) is 3. The predicted octanol–water partition coefficient (Wildman–Crippen LogP) is 6.34. The molecule has 3 N–H and O–H groups in total. The van der Waals surface area contributed by atoms with E-state index >= 15 is 0 Å². The van der Waals surface area contributed by atoms with Crippen LogP contribution in [0.5, 0.6) is 5.75 Å². The van der Waals surface area contributed by atoms with Gasteiger partial charge in [0.25, 0.3) is 0 Å². The van der Waals surface area contributed by atoms with Crippen molar-refractivity contribution in [1.29, 1.82) is 0 Å². The smallest absolute Gasteiger partial charge is 0.407 e. The number of para-hydroxylation sites is 1. The maximum Gasteiger partial charge on any atom is 0.407 e. The summed E-state index contributed by atoms with van der Waals surface area (Å²) in [5.74, 6) is 0.633. The van der Waals surface area contributed by atoms with Gasteiger partial charge in [-0.1, -0.05) is 67.8 Å². The number of alkyl carbamates (subject to hydrolysis) is 1. The van der Waals surface area contributed by atoms with Crippen LogP contribution in [0.25, 0.3) is 22.2 Å². The van der Waals surface area contributed by atoms with Crippen LogP contribution in [0.3, 0.4) is 0 Å². The summed E-state index contributed by atoms with van der Waals surface area (Å²) in [5.41, 5.74) is 5.30. The van der Waals surface area contributed by atoms with E-state index in [1.807, 2.05) is 72.8 Å². The molecule has 0 aliphatic heterocycles. The number of aliphatic hydroxyl groups excluding tert-OH is 1. The van der Waals surface area contributed by atoms with Crippen LogP contribution >= 0.6 is 0 Å². The van der Waals surface area contributed by atoms with E-state index in [9.17, 15) is 14.7 Å². The number of hydrogen-bond acceptors (Lipinski definition) is 6. The van der Waals surface area contributed by atoms with Crippen molar-refractivity contribution in [3.63, 3.8) is 0 Å². The molecule has 1 saturated carbocycles. The molecule has 8 heteroatoms. The monoisotopic (exact) mass is 556 g/mol. The number of nitrogens with one attached hydrogen (secondary N) is 2. The number of carbonyl (C=O) groups is 2. The number of rotatable bonds is 10. The van der Waals surface area contributed by atoms with Crippen molar-refractivity contribution in [2.75, 3.05) is 20.3 Å². The Kier molecular flexibility index (Phi) is 9.21. The first-order valence-corrected chi connectivity index (χ1v) is 14.1. The van der Waals surface area contributed by atoms with Crippen molar-refractivity contribution in [1.82, 2.24) is 10.3 Å². The Hall–Kier alpha value is -4.30. The summed E-state index contributed by atoms with van der Waals surface area (Å²) in [6.07, 6.45) is 5.18. The number of aliphatic hydroxyl groups is 1. The zero-order valence-electron chi connectivity index (χ0n) is 23.2. The Bertz CT molecular complexity index is 1480. The van der Waals surface area contributed by atoms with E-state index in [0.717, 1.165) is 40.6 Å². The molecule has 1 atom stereocenters. The highest BCUT2D eigenvalue weighted by molar-refractivity contribution is 5.98. The summed E-state index contributed by atoms with van der Waals surface area (Å²) in [6, 6.07) is 22.1. The van der Waals surface area contributed by atoms with Gasteiger partial charge >= 0.3 is 12.1 Å². The lowest BCUT2D eigenvalue weighted by atomic mass is 9.81. The van der Waals surface area contributed by atoms with Crippen molar-refractivity contribution in [3.05, 3.63) is 89.5 Å². The van der Waals surface area contributed by atoms with Gasteiger partial charge in [-0.15, -0.1) is 0 Å². The van der Waals surface area contributed by atoms with E-state index in [0.29, 0.717) is 17.2 Å². The highest BCUT2D eigenvalue weighted by Crippen LogP contribution is 2.44. The summed E-state index contributed by atoms with van der Waals surface area (Å²) in [7, 11) is 1.38. The van der Waals surface area contributed by atoms with E-state index in [4.69, 9.17) is 14.2 Å². The molecule has 0 radical (unpaired) electrons. The van der Waals surface area contributed by atoms with Crippen LogP contribution < -0.4 is 10.1 Å². The van der Waals surface area contributed by atoms with E-state index in [1.54, 1.807) is 0 Å². The van der Waals surface area contributed by atoms with Gasteiger partial charge in [0.15, 0.2) is 0 Å². The molecule has 1 heterocycles. The van der Waals surface area contributed by atoms with Crippen molar-refractivity contribution in [2.45, 2.75) is 50.7 Å². The average Bonchev–Trinajstić information content (AvgIpc) is 3.41. The fourth-order valence-corrected chi connectivity index (χ4v) is 5.55. The minimum atomic E-state index is -0.658. The first kappa shape index (κ1) is 28.2. The maximum absolute atomic E-state index is 12.4. The van der Waals surface area contributed by atoms with Crippen LogP contribution in [-0.2, 0) is 16.1 Å². The third kappa shape index (κ3) is 6.72. The van der Waals surface area contributed by atoms with Gasteiger partial charge in [0.05, 0.1) is 31.0 Å². The Morgan fingerprint density at radius 3 is 2.51 bits per heavy atom. The SMILES string of the molecule is COC(=O)c1ccc2c(C3CCCCC3)c(-c3ccccc3OC[C@@H](CO)NC(=O)OCc3ccccc3)[nH]c2c1. The molecule has 0 unspecified atom stereocenters. The molecule has 3 aromatic carbocycles. The molecule has 1 aliphatic rings. The molecule has 0 bridgehead atoms. The van der Waals surface area contributed by atoms with Crippen LogP contribution in [0.1, 0.15) is 59.5 Å². The number of H-pyrrole nitrogens is 1. The van der Waals surface area contributed by atoms with E-state index in [1.165, 1.54) is 31.9 Å². The Labute approximate surface area is 239 Å². The number of methoxy groups -OCH3 is 1. The molecule has 1 fully saturated rings. The van der Waals surface area contributed by atoms with Crippen LogP contribution in [0, 0.1) is 0 Å². The van der Waals surface area contributed by atoms with Gasteiger partial charge in [-0.25, -0.2) is 9.59 Å². The minimum Gasteiger partial charge on any atom is -0.491 e. The van der Waals surface area contributed by atoms with Gasteiger partial charge in [-0.05, 0) is 54.2 Å². The highest BCUT2D eigenvalue weighted by atomic mass is 16.5. The van der Waals surface area contributed by atoms with Crippen molar-refractivity contribution < 1.29 is 28.9 Å². The van der Waals surface area contributed by atoms with Crippen molar-refractivity contribution >= 4 is 23.0 Å². The quantitative estimate of drug-likeness (QED) is 0.197. The average molecular weight is 557 g/mol. The second kappa shape index (κ2) is 13.4. The molecule has 0 spiro atoms. The number of benzene rings is 3. The molecule has 4 aromatic rings. The first-order chi connectivity index (χ1) is 20.1. The number of esters is 1. The maximum atomic E-state index is 12.4. The molecule has 8 nitrogen and oxygen atoms in total. The van der Waals surface area contributed by atoms with Gasteiger partial charge < -0.3 is 29.6 Å². The van der Waals surface area contributed by atoms with Gasteiger partial charge in [-0.2, -0.15) is 0 Å². The predicted molar refractivity (Wildman–Crippen MR) is 157 cm³/mol. The second-order valence-corrected chi connectivity index (χ2v) is 10.4. The van der Waals surface area contributed by atoms with Gasteiger partial charge in [0.1, 0.15) is 19.0 Å². The molecular weight excluding hydrogens is 520 g/mol. The molecule has 5 rings (SSSR count). The first-order valence-electron chi connectivity index (χ1n) is 14.1. The molecule has 1 aromatic heterocycles. The number of aromatic amines is 1. The molecule has 214 valence electrons. The zero-order valence-corrected chi connectivity index (χ0v) is 23.2. The largest absolute Gasteiger partial charge is 0.491 e. The minimum absolute atomic E-state index is 0.0550. The third-order valence-electron chi connectivity index (χ3n) is 7.62. The lowest BCUT2D eigenvalue weighted by Crippen LogP contribution is -2.42. The number of carbonyl (C=O) groups excluding carboxylic acids is 2. The third-order valence-corrected chi connectivity index (χ3v) is 7.62. The number of fused-ring (bicyclic) bond motifs is 1. The molecule has 0 saturated heterocycles. The van der Waals surface area contributed by atoms with Crippen molar-refractivity contribution in [2.24, 2.45) is 0 Å². The van der Waals surface area contributed by atoms with E-state index in [-0.39, 0.29) is 25.8 Å². The van der Waals surface area contributed by atoms with Crippen LogP contribution in [0.2, 0.25) is 0 Å². The molecule has 1 amide bonds. The summed E-state index contributed by atoms with van der Waals surface area (Å²) >= 11 is 0. The Morgan fingerprint density at radius 1 is 1.00 bits per heavy atom. The number of hydrogen-bond donors (Lipinski definition) is 3. The zero-order chi connectivity index (χ0) is 28.6. The lowest BCUT2D eigenvalue weighted by molar-refractivity contribution is 0.0601. The molecule has 1 aliphatic carbocycles.